The molecular weight excluding hydrogens is 226 g/mol. The molecule has 2 heterocycles. The highest BCUT2D eigenvalue weighted by Gasteiger charge is 2.16. The van der Waals surface area contributed by atoms with Crippen molar-refractivity contribution in [2.45, 2.75) is 39.7 Å². The topological polar surface area (TPSA) is 49.2 Å². The fraction of sp³-hybridized carbons (Fsp3) is 0.571. The molecule has 1 aromatic heterocycles. The summed E-state index contributed by atoms with van der Waals surface area (Å²) < 4.78 is 0. The molecule has 4 nitrogen and oxygen atoms in total. The van der Waals surface area contributed by atoms with Crippen LogP contribution in [0.25, 0.3) is 0 Å². The number of hydrogen-bond acceptors (Lipinski definition) is 4. The molecule has 0 aromatic carbocycles. The van der Waals surface area contributed by atoms with Gasteiger partial charge in [0.05, 0.1) is 24.2 Å². The van der Waals surface area contributed by atoms with Gasteiger partial charge in [0.25, 0.3) is 0 Å². The Kier molecular flexibility index (Phi) is 3.97. The lowest BCUT2D eigenvalue weighted by Gasteiger charge is -2.28. The van der Waals surface area contributed by atoms with Gasteiger partial charge in [-0.2, -0.15) is 0 Å². The molecule has 0 amide bonds. The van der Waals surface area contributed by atoms with Crippen molar-refractivity contribution in [3.05, 3.63) is 29.4 Å². The highest BCUT2D eigenvalue weighted by Crippen LogP contribution is 2.23. The van der Waals surface area contributed by atoms with Crippen LogP contribution in [0.5, 0.6) is 0 Å². The number of aliphatic hydroxyl groups excluding tert-OH is 1. The first kappa shape index (κ1) is 13.0. The van der Waals surface area contributed by atoms with Gasteiger partial charge in [-0.1, -0.05) is 25.5 Å². The summed E-state index contributed by atoms with van der Waals surface area (Å²) in [5.74, 6) is 1.08. The smallest absolute Gasteiger partial charge is 0.131 e. The Hall–Kier alpha value is -1.42. The van der Waals surface area contributed by atoms with Crippen molar-refractivity contribution in [3.63, 3.8) is 0 Å². The van der Waals surface area contributed by atoms with E-state index in [1.54, 1.807) is 0 Å². The summed E-state index contributed by atoms with van der Waals surface area (Å²) in [5.41, 5.74) is 3.13. The summed E-state index contributed by atoms with van der Waals surface area (Å²) in [5, 5.41) is 9.47. The maximum absolute atomic E-state index is 9.47. The maximum atomic E-state index is 9.47. The molecular formula is C14H21N3O. The number of hydrogen-bond donors (Lipinski definition) is 1. The highest BCUT2D eigenvalue weighted by atomic mass is 16.3. The first-order chi connectivity index (χ1) is 8.61. The zero-order valence-electron chi connectivity index (χ0n) is 11.3. The molecule has 0 radical (unpaired) electrons. The summed E-state index contributed by atoms with van der Waals surface area (Å²) in [7, 11) is 0. The first-order valence-corrected chi connectivity index (χ1v) is 6.49. The predicted molar refractivity (Wildman–Crippen MR) is 72.6 cm³/mol. The number of nitrogens with zero attached hydrogens (tertiary/aromatic N) is 3. The summed E-state index contributed by atoms with van der Waals surface area (Å²) in [6, 6.07) is 0. The van der Waals surface area contributed by atoms with Gasteiger partial charge in [0.2, 0.25) is 0 Å². The van der Waals surface area contributed by atoms with Gasteiger partial charge >= 0.3 is 0 Å². The summed E-state index contributed by atoms with van der Waals surface area (Å²) >= 11 is 0. The molecule has 1 N–H and O–H groups in total. The van der Waals surface area contributed by atoms with Crippen LogP contribution in [-0.4, -0.2) is 28.2 Å². The van der Waals surface area contributed by atoms with Gasteiger partial charge < -0.3 is 10.0 Å². The van der Waals surface area contributed by atoms with E-state index in [0.717, 1.165) is 36.7 Å². The van der Waals surface area contributed by atoms with E-state index in [-0.39, 0.29) is 12.5 Å². The molecule has 98 valence electrons. The molecule has 0 saturated heterocycles. The van der Waals surface area contributed by atoms with Crippen molar-refractivity contribution in [2.24, 2.45) is 0 Å². The Bertz CT molecular complexity index is 454. The third kappa shape index (κ3) is 2.70. The molecule has 4 heteroatoms. The van der Waals surface area contributed by atoms with Gasteiger partial charge in [0.15, 0.2) is 0 Å². The zero-order chi connectivity index (χ0) is 13.1. The van der Waals surface area contributed by atoms with E-state index in [1.807, 2.05) is 6.20 Å². The second kappa shape index (κ2) is 5.48. The van der Waals surface area contributed by atoms with Crippen molar-refractivity contribution in [1.82, 2.24) is 9.97 Å². The quantitative estimate of drug-likeness (QED) is 0.832. The van der Waals surface area contributed by atoms with Crippen molar-refractivity contribution in [2.75, 3.05) is 18.0 Å². The van der Waals surface area contributed by atoms with Crippen LogP contribution in [0.1, 0.15) is 44.6 Å². The maximum Gasteiger partial charge on any atom is 0.131 e. The molecule has 0 fully saturated rings. The van der Waals surface area contributed by atoms with Crippen LogP contribution in [0, 0.1) is 0 Å². The van der Waals surface area contributed by atoms with E-state index in [0.29, 0.717) is 0 Å². The van der Waals surface area contributed by atoms with Gasteiger partial charge in [-0.3, -0.25) is 0 Å². The molecule has 0 bridgehead atoms. The normalized spacial score (nSPS) is 16.1. The molecule has 1 aromatic rings. The monoisotopic (exact) mass is 247 g/mol. The minimum atomic E-state index is -0.0310. The van der Waals surface area contributed by atoms with Crippen molar-refractivity contribution < 1.29 is 5.11 Å². The SMILES string of the molecule is CC1=CCN(c2cnc(C(C)C)nc2CO)CC1. The molecule has 1 aliphatic heterocycles. The van der Waals surface area contributed by atoms with Gasteiger partial charge in [0, 0.05) is 19.0 Å². The van der Waals surface area contributed by atoms with Crippen LogP contribution in [0.15, 0.2) is 17.8 Å². The van der Waals surface area contributed by atoms with E-state index in [9.17, 15) is 5.11 Å². The van der Waals surface area contributed by atoms with Crippen LogP contribution in [0.2, 0.25) is 0 Å². The minimum Gasteiger partial charge on any atom is -0.390 e. The standard InChI is InChI=1S/C14H21N3O/c1-10(2)14-15-8-13(12(9-18)16-14)17-6-4-11(3)5-7-17/h4,8,10,18H,5-7,9H2,1-3H3. The number of rotatable bonds is 3. The molecule has 0 saturated carbocycles. The summed E-state index contributed by atoms with van der Waals surface area (Å²) in [6.45, 7) is 8.09. The third-order valence-electron chi connectivity index (χ3n) is 3.31. The molecule has 0 atom stereocenters. The van der Waals surface area contributed by atoms with Gasteiger partial charge in [-0.15, -0.1) is 0 Å². The molecule has 1 aliphatic rings. The Balaban J connectivity index is 2.28. The van der Waals surface area contributed by atoms with Gasteiger partial charge in [-0.05, 0) is 13.3 Å². The summed E-state index contributed by atoms with van der Waals surface area (Å²) in [6.07, 6.45) is 5.14. The molecule has 0 spiro atoms. The van der Waals surface area contributed by atoms with E-state index >= 15 is 0 Å². The third-order valence-corrected chi connectivity index (χ3v) is 3.31. The second-order valence-electron chi connectivity index (χ2n) is 5.12. The van der Waals surface area contributed by atoms with E-state index < -0.39 is 0 Å². The largest absolute Gasteiger partial charge is 0.390 e. The highest BCUT2D eigenvalue weighted by molar-refractivity contribution is 5.50. The number of anilines is 1. The van der Waals surface area contributed by atoms with Gasteiger partial charge in [0.1, 0.15) is 5.82 Å². The Morgan fingerprint density at radius 1 is 1.44 bits per heavy atom. The number of aliphatic hydroxyl groups is 1. The van der Waals surface area contributed by atoms with Crippen LogP contribution in [0.3, 0.4) is 0 Å². The molecule has 0 unspecified atom stereocenters. The average molecular weight is 247 g/mol. The lowest BCUT2D eigenvalue weighted by molar-refractivity contribution is 0.276. The predicted octanol–water partition coefficient (Wildman–Crippen LogP) is 2.25. The van der Waals surface area contributed by atoms with Crippen molar-refractivity contribution >= 4 is 5.69 Å². The zero-order valence-corrected chi connectivity index (χ0v) is 11.3. The van der Waals surface area contributed by atoms with E-state index in [4.69, 9.17) is 0 Å². The number of aromatic nitrogens is 2. The van der Waals surface area contributed by atoms with Crippen LogP contribution < -0.4 is 4.90 Å². The summed E-state index contributed by atoms with van der Waals surface area (Å²) in [4.78, 5) is 11.1. The lowest BCUT2D eigenvalue weighted by atomic mass is 10.1. The van der Waals surface area contributed by atoms with E-state index in [2.05, 4.69) is 41.7 Å². The second-order valence-corrected chi connectivity index (χ2v) is 5.12. The Morgan fingerprint density at radius 2 is 2.22 bits per heavy atom. The Morgan fingerprint density at radius 3 is 2.78 bits per heavy atom. The van der Waals surface area contributed by atoms with Crippen molar-refractivity contribution in [3.8, 4) is 0 Å². The fourth-order valence-electron chi connectivity index (χ4n) is 2.07. The van der Waals surface area contributed by atoms with Crippen molar-refractivity contribution in [1.29, 1.82) is 0 Å². The van der Waals surface area contributed by atoms with E-state index in [1.165, 1.54) is 5.57 Å². The Labute approximate surface area is 108 Å². The molecule has 2 rings (SSSR count). The van der Waals surface area contributed by atoms with Crippen LogP contribution >= 0.6 is 0 Å². The lowest BCUT2D eigenvalue weighted by Crippen LogP contribution is -2.29. The molecule has 18 heavy (non-hydrogen) atoms. The van der Waals surface area contributed by atoms with Gasteiger partial charge in [-0.25, -0.2) is 9.97 Å². The van der Waals surface area contributed by atoms with Crippen LogP contribution in [-0.2, 0) is 6.61 Å². The first-order valence-electron chi connectivity index (χ1n) is 6.49. The molecule has 0 aliphatic carbocycles. The van der Waals surface area contributed by atoms with Crippen LogP contribution in [0.4, 0.5) is 5.69 Å². The average Bonchev–Trinajstić information content (AvgIpc) is 2.39. The fourth-order valence-corrected chi connectivity index (χ4v) is 2.07. The minimum absolute atomic E-state index is 0.0310.